The summed E-state index contributed by atoms with van der Waals surface area (Å²) in [7, 11) is 0. The highest BCUT2D eigenvalue weighted by atomic mass is 79.9. The minimum Gasteiger partial charge on any atom is -0.481 e. The fourth-order valence-corrected chi connectivity index (χ4v) is 1.80. The predicted molar refractivity (Wildman–Crippen MR) is 72.2 cm³/mol. The zero-order valence-corrected chi connectivity index (χ0v) is 11.4. The molecule has 1 aromatic carbocycles. The van der Waals surface area contributed by atoms with Crippen molar-refractivity contribution in [2.24, 2.45) is 0 Å². The Kier molecular flexibility index (Phi) is 6.89. The molecule has 1 aromatic rings. The van der Waals surface area contributed by atoms with Crippen LogP contribution in [0.1, 0.15) is 24.8 Å². The Morgan fingerprint density at radius 2 is 1.88 bits per heavy atom. The number of hydrogen-bond donors (Lipinski definition) is 2. The zero-order chi connectivity index (χ0) is 12.5. The van der Waals surface area contributed by atoms with E-state index in [-0.39, 0.29) is 6.42 Å². The Labute approximate surface area is 110 Å². The Bertz CT molecular complexity index is 338. The second-order valence-electron chi connectivity index (χ2n) is 3.98. The molecule has 0 aliphatic heterocycles. The largest absolute Gasteiger partial charge is 0.481 e. The lowest BCUT2D eigenvalue weighted by molar-refractivity contribution is -0.137. The molecule has 0 heterocycles. The average molecular weight is 300 g/mol. The quantitative estimate of drug-likeness (QED) is 0.726. The van der Waals surface area contributed by atoms with Crippen LogP contribution in [0.25, 0.3) is 0 Å². The maximum absolute atomic E-state index is 10.3. The second kappa shape index (κ2) is 8.25. The number of nitrogens with one attached hydrogen (secondary N) is 1. The fraction of sp³-hybridized carbons (Fsp3) is 0.462. The number of benzene rings is 1. The molecule has 0 radical (unpaired) electrons. The number of halogens is 1. The van der Waals surface area contributed by atoms with Crippen LogP contribution in [0, 0.1) is 0 Å². The van der Waals surface area contributed by atoms with Crippen molar-refractivity contribution in [1.82, 2.24) is 5.32 Å². The van der Waals surface area contributed by atoms with Gasteiger partial charge in [0.1, 0.15) is 0 Å². The molecule has 0 bridgehead atoms. The van der Waals surface area contributed by atoms with Crippen molar-refractivity contribution in [2.45, 2.75) is 25.7 Å². The van der Waals surface area contributed by atoms with Crippen molar-refractivity contribution in [3.8, 4) is 0 Å². The van der Waals surface area contributed by atoms with Crippen LogP contribution in [0.15, 0.2) is 28.7 Å². The van der Waals surface area contributed by atoms with Crippen molar-refractivity contribution in [1.29, 1.82) is 0 Å². The number of carboxylic acid groups (broad SMARTS) is 1. The second-order valence-corrected chi connectivity index (χ2v) is 4.89. The third-order valence-corrected chi connectivity index (χ3v) is 3.03. The van der Waals surface area contributed by atoms with E-state index in [9.17, 15) is 4.79 Å². The molecule has 0 amide bonds. The molecular formula is C13H18BrNO2. The van der Waals surface area contributed by atoms with Crippen LogP contribution >= 0.6 is 15.9 Å². The lowest BCUT2D eigenvalue weighted by Crippen LogP contribution is -2.18. The molecule has 3 nitrogen and oxygen atoms in total. The van der Waals surface area contributed by atoms with Gasteiger partial charge in [-0.15, -0.1) is 0 Å². The Balaban J connectivity index is 2.01. The van der Waals surface area contributed by atoms with Crippen LogP contribution in [0.3, 0.4) is 0 Å². The van der Waals surface area contributed by atoms with E-state index in [0.29, 0.717) is 0 Å². The summed E-state index contributed by atoms with van der Waals surface area (Å²) in [5.41, 5.74) is 1.31. The van der Waals surface area contributed by atoms with Crippen molar-refractivity contribution in [3.63, 3.8) is 0 Å². The first-order valence-corrected chi connectivity index (χ1v) is 6.65. The molecule has 4 heteroatoms. The number of carboxylic acids is 1. The lowest BCUT2D eigenvalue weighted by Gasteiger charge is -2.04. The molecule has 0 saturated heterocycles. The summed E-state index contributed by atoms with van der Waals surface area (Å²) in [6.45, 7) is 1.83. The van der Waals surface area contributed by atoms with E-state index in [1.54, 1.807) is 0 Å². The maximum Gasteiger partial charge on any atom is 0.303 e. The minimum absolute atomic E-state index is 0.272. The van der Waals surface area contributed by atoms with Crippen LogP contribution in [-0.2, 0) is 11.2 Å². The van der Waals surface area contributed by atoms with Gasteiger partial charge in [0.25, 0.3) is 0 Å². The standard InChI is InChI=1S/C13H18BrNO2/c14-12-6-4-11(5-7-12)8-10-15-9-2-1-3-13(16)17/h4-7,15H,1-3,8-10H2,(H,16,17). The Morgan fingerprint density at radius 1 is 1.18 bits per heavy atom. The predicted octanol–water partition coefficient (Wildman–Crippen LogP) is 2.84. The topological polar surface area (TPSA) is 49.3 Å². The summed E-state index contributed by atoms with van der Waals surface area (Å²) < 4.78 is 1.10. The zero-order valence-electron chi connectivity index (χ0n) is 9.79. The molecule has 0 unspecified atom stereocenters. The molecule has 0 saturated carbocycles. The normalized spacial score (nSPS) is 10.4. The molecule has 0 atom stereocenters. The average Bonchev–Trinajstić information content (AvgIpc) is 2.30. The number of aliphatic carboxylic acids is 1. The highest BCUT2D eigenvalue weighted by Crippen LogP contribution is 2.10. The van der Waals surface area contributed by atoms with Crippen LogP contribution < -0.4 is 5.32 Å². The first-order valence-electron chi connectivity index (χ1n) is 5.85. The van der Waals surface area contributed by atoms with Gasteiger partial charge in [-0.1, -0.05) is 28.1 Å². The smallest absolute Gasteiger partial charge is 0.303 e. The first kappa shape index (κ1) is 14.2. The van der Waals surface area contributed by atoms with Gasteiger partial charge in [0.2, 0.25) is 0 Å². The van der Waals surface area contributed by atoms with Gasteiger partial charge in [-0.05, 0) is 50.0 Å². The van der Waals surface area contributed by atoms with E-state index in [0.717, 1.165) is 36.8 Å². The van der Waals surface area contributed by atoms with Crippen LogP contribution in [-0.4, -0.2) is 24.2 Å². The summed E-state index contributed by atoms with van der Waals surface area (Å²) in [5.74, 6) is -0.708. The van der Waals surface area contributed by atoms with Gasteiger partial charge < -0.3 is 10.4 Å². The number of hydrogen-bond acceptors (Lipinski definition) is 2. The summed E-state index contributed by atoms with van der Waals surface area (Å²) >= 11 is 3.40. The van der Waals surface area contributed by atoms with Gasteiger partial charge in [0.05, 0.1) is 0 Å². The van der Waals surface area contributed by atoms with E-state index in [4.69, 9.17) is 5.11 Å². The van der Waals surface area contributed by atoms with Gasteiger partial charge in [-0.3, -0.25) is 4.79 Å². The fourth-order valence-electron chi connectivity index (χ4n) is 1.54. The molecular weight excluding hydrogens is 282 g/mol. The molecule has 1 rings (SSSR count). The Hall–Kier alpha value is -0.870. The van der Waals surface area contributed by atoms with Gasteiger partial charge in [-0.25, -0.2) is 0 Å². The van der Waals surface area contributed by atoms with Crippen LogP contribution in [0.5, 0.6) is 0 Å². The molecule has 17 heavy (non-hydrogen) atoms. The van der Waals surface area contributed by atoms with Crippen molar-refractivity contribution in [3.05, 3.63) is 34.3 Å². The van der Waals surface area contributed by atoms with Crippen LogP contribution in [0.4, 0.5) is 0 Å². The monoisotopic (exact) mass is 299 g/mol. The SMILES string of the molecule is O=C(O)CCCCNCCc1ccc(Br)cc1. The molecule has 0 fully saturated rings. The van der Waals surface area contributed by atoms with Gasteiger partial charge >= 0.3 is 5.97 Å². The van der Waals surface area contributed by atoms with E-state index < -0.39 is 5.97 Å². The third kappa shape index (κ3) is 7.13. The van der Waals surface area contributed by atoms with Gasteiger partial charge in [-0.2, -0.15) is 0 Å². The van der Waals surface area contributed by atoms with E-state index >= 15 is 0 Å². The lowest BCUT2D eigenvalue weighted by atomic mass is 10.1. The summed E-state index contributed by atoms with van der Waals surface area (Å²) in [5, 5.41) is 11.8. The molecule has 0 aliphatic carbocycles. The first-order chi connectivity index (χ1) is 8.18. The van der Waals surface area contributed by atoms with E-state index in [2.05, 4.69) is 33.4 Å². The molecule has 0 spiro atoms. The van der Waals surface area contributed by atoms with Gasteiger partial charge in [0.15, 0.2) is 0 Å². The Morgan fingerprint density at radius 3 is 2.53 bits per heavy atom. The van der Waals surface area contributed by atoms with Crippen LogP contribution in [0.2, 0.25) is 0 Å². The molecule has 94 valence electrons. The van der Waals surface area contributed by atoms with Crippen molar-refractivity contribution < 1.29 is 9.90 Å². The highest BCUT2D eigenvalue weighted by molar-refractivity contribution is 9.10. The summed E-state index contributed by atoms with van der Waals surface area (Å²) in [4.78, 5) is 10.3. The summed E-state index contributed by atoms with van der Waals surface area (Å²) in [6.07, 6.45) is 2.95. The number of rotatable bonds is 8. The van der Waals surface area contributed by atoms with E-state index in [1.807, 2.05) is 12.1 Å². The van der Waals surface area contributed by atoms with E-state index in [1.165, 1.54) is 5.56 Å². The number of carbonyl (C=O) groups is 1. The maximum atomic E-state index is 10.3. The third-order valence-electron chi connectivity index (χ3n) is 2.50. The molecule has 0 aliphatic rings. The van der Waals surface area contributed by atoms with Gasteiger partial charge in [0, 0.05) is 10.9 Å². The summed E-state index contributed by atoms with van der Waals surface area (Å²) in [6, 6.07) is 8.30. The highest BCUT2D eigenvalue weighted by Gasteiger charge is 1.96. The molecule has 0 aromatic heterocycles. The molecule has 2 N–H and O–H groups in total. The van der Waals surface area contributed by atoms with Crippen molar-refractivity contribution in [2.75, 3.05) is 13.1 Å². The number of unbranched alkanes of at least 4 members (excludes halogenated alkanes) is 1. The van der Waals surface area contributed by atoms with Crippen molar-refractivity contribution >= 4 is 21.9 Å². The minimum atomic E-state index is -0.708.